The average molecular weight is 141 g/mol. The van der Waals surface area contributed by atoms with Gasteiger partial charge in [0.15, 0.2) is 0 Å². The molecule has 0 aliphatic rings. The van der Waals surface area contributed by atoms with Gasteiger partial charge in [0.2, 0.25) is 0 Å². The summed E-state index contributed by atoms with van der Waals surface area (Å²) in [5.74, 6) is 0.669. The van der Waals surface area contributed by atoms with Gasteiger partial charge in [-0.15, -0.1) is 0 Å². The summed E-state index contributed by atoms with van der Waals surface area (Å²) in [5, 5.41) is 11.3. The second-order valence-electron chi connectivity index (χ2n) is 2.77. The van der Waals surface area contributed by atoms with E-state index >= 15 is 0 Å². The van der Waals surface area contributed by atoms with Crippen LogP contribution in [0.5, 0.6) is 0 Å². The van der Waals surface area contributed by atoms with Crippen molar-refractivity contribution in [3.8, 4) is 0 Å². The fourth-order valence-corrected chi connectivity index (χ4v) is 0.544. The smallest absolute Gasteiger partial charge is 0.0761 e. The van der Waals surface area contributed by atoms with Crippen molar-refractivity contribution in [2.24, 2.45) is 11.1 Å². The van der Waals surface area contributed by atoms with Crippen molar-refractivity contribution in [2.75, 3.05) is 0 Å². The maximum Gasteiger partial charge on any atom is 0.0761 e. The zero-order chi connectivity index (χ0) is 7.98. The van der Waals surface area contributed by atoms with Gasteiger partial charge in [0.25, 0.3) is 0 Å². The molecule has 0 unspecified atom stereocenters. The van der Waals surface area contributed by atoms with Gasteiger partial charge in [-0.3, -0.25) is 0 Å². The monoisotopic (exact) mass is 141 g/mol. The Morgan fingerprint density at radius 2 is 2.20 bits per heavy atom. The summed E-state index contributed by atoms with van der Waals surface area (Å²) < 4.78 is 0. The van der Waals surface area contributed by atoms with Crippen molar-refractivity contribution in [2.45, 2.75) is 27.2 Å². The highest BCUT2D eigenvalue weighted by Crippen LogP contribution is 1.99. The van der Waals surface area contributed by atoms with Crippen molar-refractivity contribution in [3.05, 3.63) is 12.2 Å². The van der Waals surface area contributed by atoms with Gasteiger partial charge in [-0.25, -0.2) is 0 Å². The Kier molecular flexibility index (Phi) is 4.63. The number of nitrogens with zero attached hydrogens (tertiary/aromatic N) is 1. The molecule has 0 fully saturated rings. The third kappa shape index (κ3) is 5.35. The van der Waals surface area contributed by atoms with Crippen molar-refractivity contribution in [3.63, 3.8) is 0 Å². The maximum atomic E-state index is 8.24. The number of hydrogen-bond acceptors (Lipinski definition) is 2. The van der Waals surface area contributed by atoms with Crippen LogP contribution in [0.25, 0.3) is 0 Å². The lowest BCUT2D eigenvalue weighted by molar-refractivity contribution is 0.319. The zero-order valence-corrected chi connectivity index (χ0v) is 6.83. The topological polar surface area (TPSA) is 32.6 Å². The molecule has 1 N–H and O–H groups in total. The lowest BCUT2D eigenvalue weighted by atomic mass is 10.1. The molecule has 0 aliphatic carbocycles. The second-order valence-corrected chi connectivity index (χ2v) is 2.77. The lowest BCUT2D eigenvalue weighted by Crippen LogP contribution is -1.85. The molecule has 58 valence electrons. The molecule has 0 heterocycles. The molecule has 0 rings (SSSR count). The minimum Gasteiger partial charge on any atom is -0.411 e. The van der Waals surface area contributed by atoms with Crippen LogP contribution in [0.4, 0.5) is 0 Å². The van der Waals surface area contributed by atoms with E-state index in [-0.39, 0.29) is 0 Å². The highest BCUT2D eigenvalue weighted by atomic mass is 16.4. The first-order valence-corrected chi connectivity index (χ1v) is 3.52. The van der Waals surface area contributed by atoms with Crippen LogP contribution in [0.1, 0.15) is 27.2 Å². The first-order chi connectivity index (χ1) is 4.66. The van der Waals surface area contributed by atoms with Crippen LogP contribution < -0.4 is 0 Å². The van der Waals surface area contributed by atoms with E-state index in [9.17, 15) is 0 Å². The summed E-state index contributed by atoms with van der Waals surface area (Å²) in [6.45, 7) is 6.06. The van der Waals surface area contributed by atoms with Gasteiger partial charge >= 0.3 is 0 Å². The molecule has 0 aromatic heterocycles. The molecular formula is C8H15NO. The minimum absolute atomic E-state index is 0.653. The van der Waals surface area contributed by atoms with E-state index in [0.29, 0.717) is 11.6 Å². The largest absolute Gasteiger partial charge is 0.411 e. The molecule has 0 saturated carbocycles. The summed E-state index contributed by atoms with van der Waals surface area (Å²) in [6, 6.07) is 0. The third-order valence-corrected chi connectivity index (χ3v) is 1.12. The Balaban J connectivity index is 3.56. The fourth-order valence-electron chi connectivity index (χ4n) is 0.544. The van der Waals surface area contributed by atoms with E-state index in [2.05, 4.69) is 19.0 Å². The minimum atomic E-state index is 0.653. The van der Waals surface area contributed by atoms with Crippen LogP contribution in [0.2, 0.25) is 0 Å². The zero-order valence-electron chi connectivity index (χ0n) is 6.83. The van der Waals surface area contributed by atoms with Gasteiger partial charge in [0.05, 0.1) is 5.71 Å². The normalized spacial score (nSPS) is 13.4. The molecule has 0 bridgehead atoms. The predicted octanol–water partition coefficient (Wildman–Crippen LogP) is 2.44. The van der Waals surface area contributed by atoms with E-state index in [0.717, 1.165) is 6.42 Å². The Morgan fingerprint density at radius 3 is 2.60 bits per heavy atom. The van der Waals surface area contributed by atoms with Gasteiger partial charge in [-0.2, -0.15) is 0 Å². The van der Waals surface area contributed by atoms with E-state index in [1.54, 1.807) is 6.92 Å². The summed E-state index contributed by atoms with van der Waals surface area (Å²) in [5.41, 5.74) is 0.653. The van der Waals surface area contributed by atoms with Crippen molar-refractivity contribution in [1.82, 2.24) is 0 Å². The Morgan fingerprint density at radius 1 is 1.60 bits per heavy atom. The molecule has 0 radical (unpaired) electrons. The quantitative estimate of drug-likeness (QED) is 0.365. The molecule has 0 aliphatic heterocycles. The van der Waals surface area contributed by atoms with Crippen LogP contribution in [0.3, 0.4) is 0 Å². The van der Waals surface area contributed by atoms with Gasteiger partial charge in [0.1, 0.15) is 0 Å². The maximum absolute atomic E-state index is 8.24. The van der Waals surface area contributed by atoms with Crippen molar-refractivity contribution < 1.29 is 5.21 Å². The first-order valence-electron chi connectivity index (χ1n) is 3.52. The van der Waals surface area contributed by atoms with Crippen LogP contribution in [0.15, 0.2) is 17.3 Å². The summed E-state index contributed by atoms with van der Waals surface area (Å²) in [6.07, 6.45) is 4.87. The van der Waals surface area contributed by atoms with Crippen molar-refractivity contribution >= 4 is 5.71 Å². The predicted molar refractivity (Wildman–Crippen MR) is 43.5 cm³/mol. The van der Waals surface area contributed by atoms with E-state index < -0.39 is 0 Å². The molecule has 0 amide bonds. The highest BCUT2D eigenvalue weighted by molar-refractivity contribution is 5.92. The average Bonchev–Trinajstić information content (AvgIpc) is 1.87. The number of hydrogen-bond donors (Lipinski definition) is 1. The van der Waals surface area contributed by atoms with Gasteiger partial charge in [0, 0.05) is 0 Å². The van der Waals surface area contributed by atoms with Gasteiger partial charge in [-0.1, -0.05) is 25.1 Å². The number of oxime groups is 1. The lowest BCUT2D eigenvalue weighted by Gasteiger charge is -1.95. The van der Waals surface area contributed by atoms with Crippen LogP contribution in [0, 0.1) is 5.92 Å². The fraction of sp³-hybridized carbons (Fsp3) is 0.625. The summed E-state index contributed by atoms with van der Waals surface area (Å²) in [7, 11) is 0. The van der Waals surface area contributed by atoms with Crippen LogP contribution in [-0.4, -0.2) is 10.9 Å². The Hall–Kier alpha value is -0.790. The number of allylic oxidation sites excluding steroid dienone is 2. The first kappa shape index (κ1) is 9.21. The van der Waals surface area contributed by atoms with Gasteiger partial charge < -0.3 is 5.21 Å². The van der Waals surface area contributed by atoms with E-state index in [1.807, 2.05) is 12.2 Å². The molecule has 0 aromatic carbocycles. The molecule has 0 atom stereocenters. The third-order valence-electron chi connectivity index (χ3n) is 1.12. The molecular weight excluding hydrogens is 126 g/mol. The number of rotatable bonds is 3. The molecule has 10 heavy (non-hydrogen) atoms. The molecule has 0 aromatic rings. The SMILES string of the molecule is CC(/C=C/CC(C)C)=N/O. The molecule has 2 heteroatoms. The standard InChI is InChI=1S/C8H15NO/c1-7(2)5-4-6-8(3)9-10/h4,6-7,10H,5H2,1-3H3/b6-4+,9-8-. The Bertz CT molecular complexity index is 136. The highest BCUT2D eigenvalue weighted by Gasteiger charge is 1.87. The second kappa shape index (κ2) is 5.03. The summed E-state index contributed by atoms with van der Waals surface area (Å²) >= 11 is 0. The van der Waals surface area contributed by atoms with Crippen molar-refractivity contribution in [1.29, 1.82) is 0 Å². The van der Waals surface area contributed by atoms with E-state index in [4.69, 9.17) is 5.21 Å². The van der Waals surface area contributed by atoms with Crippen LogP contribution >= 0.6 is 0 Å². The summed E-state index contributed by atoms with van der Waals surface area (Å²) in [4.78, 5) is 0. The molecule has 2 nitrogen and oxygen atoms in total. The van der Waals surface area contributed by atoms with Crippen LogP contribution in [-0.2, 0) is 0 Å². The molecule has 0 spiro atoms. The van der Waals surface area contributed by atoms with Gasteiger partial charge in [-0.05, 0) is 25.3 Å². The van der Waals surface area contributed by atoms with E-state index in [1.165, 1.54) is 0 Å². The Labute approximate surface area is 62.2 Å². The molecule has 0 saturated heterocycles.